The van der Waals surface area contributed by atoms with E-state index in [4.69, 9.17) is 19.2 Å². The van der Waals surface area contributed by atoms with Crippen LogP contribution in [0.3, 0.4) is 0 Å². The Morgan fingerprint density at radius 2 is 1.80 bits per heavy atom. The van der Waals surface area contributed by atoms with Crippen LogP contribution < -0.4 is 25.0 Å². The Hall–Kier alpha value is -4.48. The van der Waals surface area contributed by atoms with Crippen LogP contribution in [0.15, 0.2) is 53.6 Å². The Morgan fingerprint density at radius 3 is 2.47 bits per heavy atom. The number of thiazole rings is 1. The quantitative estimate of drug-likeness (QED) is 0.276. The van der Waals surface area contributed by atoms with Crippen LogP contribution in [-0.2, 0) is 14.6 Å². The fourth-order valence-electron chi connectivity index (χ4n) is 5.20. The molecule has 2 saturated heterocycles. The standard InChI is InChI=1S/C28H24F3N5O7S2/c1-41-21-7-6-19-24(44-27(35-19)36-15-9-16(36)13-43-12-15)23(21)26(38)34-20-11-32-22(42-2)10-18(20)25(37)33-14-4-3-5-17(8-14)45(39,40)28(29,30)31/h3-8,10-11,15-16H,9,12-13H2,1-2H3,(H,33,37)(H,34,38). The van der Waals surface area contributed by atoms with Gasteiger partial charge in [0.15, 0.2) is 5.13 Å². The lowest BCUT2D eigenvalue weighted by Gasteiger charge is -2.52. The molecule has 2 fully saturated rings. The van der Waals surface area contributed by atoms with Gasteiger partial charge in [0, 0.05) is 11.8 Å². The number of anilines is 3. The number of carbonyl (C=O) groups is 2. The van der Waals surface area contributed by atoms with Crippen LogP contribution >= 0.6 is 11.3 Å². The molecule has 2 N–H and O–H groups in total. The van der Waals surface area contributed by atoms with Gasteiger partial charge >= 0.3 is 5.51 Å². The Balaban J connectivity index is 1.31. The van der Waals surface area contributed by atoms with Gasteiger partial charge in [-0.05, 0) is 36.8 Å². The van der Waals surface area contributed by atoms with Crippen LogP contribution in [0.2, 0.25) is 0 Å². The van der Waals surface area contributed by atoms with Crippen molar-refractivity contribution in [2.75, 3.05) is 43.0 Å². The number of pyridine rings is 1. The second-order valence-corrected chi connectivity index (χ2v) is 13.1. The number of sulfone groups is 1. The molecule has 6 rings (SSSR count). The maximum Gasteiger partial charge on any atom is 0.501 e. The SMILES string of the molecule is COc1cc(C(=O)Nc2cccc(S(=O)(=O)C(F)(F)F)c2)c(NC(=O)c2c(OC)ccc3nc(N4C5COCC4C5)sc23)cn1. The first kappa shape index (κ1) is 30.5. The first-order valence-electron chi connectivity index (χ1n) is 13.3. The molecule has 2 aliphatic rings. The molecular weight excluding hydrogens is 639 g/mol. The first-order valence-corrected chi connectivity index (χ1v) is 15.6. The highest BCUT2D eigenvalue weighted by Crippen LogP contribution is 2.42. The number of nitrogens with zero attached hydrogens (tertiary/aromatic N) is 3. The minimum atomic E-state index is -5.66. The average Bonchev–Trinajstić information content (AvgIpc) is 3.43. The highest BCUT2D eigenvalue weighted by atomic mass is 32.2. The Bertz CT molecular complexity index is 1920. The number of fused-ring (bicyclic) bond motifs is 3. The maximum atomic E-state index is 13.8. The smallest absolute Gasteiger partial charge is 0.496 e. The Labute approximate surface area is 258 Å². The molecule has 4 heterocycles. The third-order valence-corrected chi connectivity index (χ3v) is 10.0. The molecule has 2 unspecified atom stereocenters. The van der Waals surface area contributed by atoms with Gasteiger partial charge in [-0.15, -0.1) is 0 Å². The molecule has 4 aromatic rings. The fourth-order valence-corrected chi connectivity index (χ4v) is 7.25. The summed E-state index contributed by atoms with van der Waals surface area (Å²) in [6.45, 7) is 1.20. The minimum absolute atomic E-state index is 0.00223. The van der Waals surface area contributed by atoms with E-state index in [2.05, 4.69) is 20.5 Å². The van der Waals surface area contributed by atoms with Gasteiger partial charge in [-0.2, -0.15) is 13.2 Å². The van der Waals surface area contributed by atoms with Gasteiger partial charge in [-0.3, -0.25) is 9.59 Å². The predicted octanol–water partition coefficient (Wildman–Crippen LogP) is 4.48. The van der Waals surface area contributed by atoms with Crippen LogP contribution in [-0.4, -0.2) is 75.2 Å². The zero-order valence-corrected chi connectivity index (χ0v) is 25.2. The van der Waals surface area contributed by atoms with Gasteiger partial charge in [0.05, 0.1) is 72.1 Å². The lowest BCUT2D eigenvalue weighted by molar-refractivity contribution is -0.0436. The zero-order valence-electron chi connectivity index (χ0n) is 23.5. The first-order chi connectivity index (χ1) is 21.4. The van der Waals surface area contributed by atoms with E-state index < -0.39 is 32.1 Å². The van der Waals surface area contributed by atoms with Crippen molar-refractivity contribution in [2.45, 2.75) is 28.9 Å². The Kier molecular flexibility index (Phi) is 7.78. The summed E-state index contributed by atoms with van der Waals surface area (Å²) < 4.78 is 79.8. The number of nitrogens with one attached hydrogen (secondary N) is 2. The van der Waals surface area contributed by atoms with E-state index in [1.54, 1.807) is 12.1 Å². The van der Waals surface area contributed by atoms with Crippen molar-refractivity contribution >= 4 is 59.7 Å². The number of rotatable bonds is 8. The number of amides is 2. The summed E-state index contributed by atoms with van der Waals surface area (Å²) in [6, 6.07) is 8.72. The highest BCUT2D eigenvalue weighted by molar-refractivity contribution is 7.92. The van der Waals surface area contributed by atoms with Crippen LogP contribution in [0.25, 0.3) is 10.2 Å². The summed E-state index contributed by atoms with van der Waals surface area (Å²) >= 11 is 1.33. The van der Waals surface area contributed by atoms with E-state index in [1.165, 1.54) is 43.9 Å². The zero-order chi connectivity index (χ0) is 32.1. The number of morpholine rings is 1. The normalized spacial score (nSPS) is 17.8. The van der Waals surface area contributed by atoms with Crippen molar-refractivity contribution in [3.63, 3.8) is 0 Å². The van der Waals surface area contributed by atoms with Gasteiger partial charge in [0.25, 0.3) is 21.7 Å². The molecule has 0 aliphatic carbocycles. The van der Waals surface area contributed by atoms with Gasteiger partial charge < -0.3 is 29.7 Å². The number of hydrogen-bond donors (Lipinski definition) is 2. The molecule has 2 aromatic heterocycles. The number of halogens is 3. The van der Waals surface area contributed by atoms with Gasteiger partial charge in [0.2, 0.25) is 5.88 Å². The van der Waals surface area contributed by atoms with E-state index in [1.807, 2.05) is 0 Å². The highest BCUT2D eigenvalue weighted by Gasteiger charge is 2.47. The minimum Gasteiger partial charge on any atom is -0.496 e. The van der Waals surface area contributed by atoms with Crippen LogP contribution in [0.5, 0.6) is 11.6 Å². The molecule has 236 valence electrons. The molecule has 17 heteroatoms. The lowest BCUT2D eigenvalue weighted by Crippen LogP contribution is -2.64. The number of alkyl halides is 3. The van der Waals surface area contributed by atoms with E-state index >= 15 is 0 Å². The van der Waals surface area contributed by atoms with Crippen molar-refractivity contribution in [1.82, 2.24) is 9.97 Å². The molecule has 0 spiro atoms. The molecule has 45 heavy (non-hydrogen) atoms. The monoisotopic (exact) mass is 663 g/mol. The van der Waals surface area contributed by atoms with Crippen molar-refractivity contribution < 1.29 is 45.4 Å². The number of benzene rings is 2. The molecule has 2 aliphatic heterocycles. The summed E-state index contributed by atoms with van der Waals surface area (Å²) in [5, 5.41) is 5.80. The van der Waals surface area contributed by atoms with Crippen molar-refractivity contribution in [1.29, 1.82) is 0 Å². The second-order valence-electron chi connectivity index (χ2n) is 10.1. The third-order valence-electron chi connectivity index (χ3n) is 7.42. The molecule has 2 aromatic carbocycles. The largest absolute Gasteiger partial charge is 0.501 e. The third kappa shape index (κ3) is 5.51. The van der Waals surface area contributed by atoms with E-state index in [0.717, 1.165) is 23.7 Å². The number of ether oxygens (including phenoxy) is 3. The lowest BCUT2D eigenvalue weighted by atomic mass is 9.92. The molecule has 2 atom stereocenters. The van der Waals surface area contributed by atoms with Crippen molar-refractivity contribution in [3.05, 3.63) is 59.8 Å². The predicted molar refractivity (Wildman–Crippen MR) is 158 cm³/mol. The Morgan fingerprint density at radius 1 is 1.04 bits per heavy atom. The molecule has 0 saturated carbocycles. The molecule has 2 amide bonds. The van der Waals surface area contributed by atoms with Crippen LogP contribution in [0, 0.1) is 0 Å². The van der Waals surface area contributed by atoms with E-state index in [9.17, 15) is 31.2 Å². The molecule has 0 radical (unpaired) electrons. The summed E-state index contributed by atoms with van der Waals surface area (Å²) in [4.78, 5) is 37.1. The summed E-state index contributed by atoms with van der Waals surface area (Å²) in [6.07, 6.45) is 2.19. The van der Waals surface area contributed by atoms with Crippen molar-refractivity contribution in [2.24, 2.45) is 0 Å². The molecular formula is C28H24F3N5O7S2. The van der Waals surface area contributed by atoms with Crippen LogP contribution in [0.4, 0.5) is 29.7 Å². The second kappa shape index (κ2) is 11.5. The van der Waals surface area contributed by atoms with Gasteiger partial charge in [-0.25, -0.2) is 18.4 Å². The molecule has 2 bridgehead atoms. The number of methoxy groups -OCH3 is 2. The molecule has 12 nitrogen and oxygen atoms in total. The van der Waals surface area contributed by atoms with E-state index in [0.29, 0.717) is 29.5 Å². The number of carbonyl (C=O) groups excluding carboxylic acids is 2. The summed E-state index contributed by atoms with van der Waals surface area (Å²) in [7, 11) is -2.94. The average molecular weight is 664 g/mol. The maximum absolute atomic E-state index is 13.8. The van der Waals surface area contributed by atoms with Crippen LogP contribution in [0.1, 0.15) is 27.1 Å². The van der Waals surface area contributed by atoms with Gasteiger partial charge in [0.1, 0.15) is 11.3 Å². The number of aromatic nitrogens is 2. The summed E-state index contributed by atoms with van der Waals surface area (Å²) in [5.74, 6) is -1.26. The fraction of sp³-hybridized carbons (Fsp3) is 0.286. The van der Waals surface area contributed by atoms with Gasteiger partial charge in [-0.1, -0.05) is 17.4 Å². The topological polar surface area (TPSA) is 149 Å². The summed E-state index contributed by atoms with van der Waals surface area (Å²) in [5.41, 5.74) is -5.24. The number of hydrogen-bond acceptors (Lipinski definition) is 11. The van der Waals surface area contributed by atoms with Crippen molar-refractivity contribution in [3.8, 4) is 11.6 Å². The van der Waals surface area contributed by atoms with E-state index in [-0.39, 0.29) is 46.2 Å².